The second-order valence-electron chi connectivity index (χ2n) is 11.6. The molecular weight excluding hydrogens is 522 g/mol. The molecule has 0 saturated heterocycles. The maximum atomic E-state index is 13.3. The van der Waals surface area contributed by atoms with Crippen LogP contribution in [0.2, 0.25) is 0 Å². The van der Waals surface area contributed by atoms with Crippen molar-refractivity contribution in [3.8, 4) is 0 Å². The Balaban J connectivity index is 6.00. The van der Waals surface area contributed by atoms with Gasteiger partial charge < -0.3 is 19.1 Å². The van der Waals surface area contributed by atoms with Gasteiger partial charge in [0.05, 0.1) is 30.8 Å². The van der Waals surface area contributed by atoms with Crippen molar-refractivity contribution >= 4 is 23.8 Å². The quantitative estimate of drug-likeness (QED) is 0.0901. The summed E-state index contributed by atoms with van der Waals surface area (Å²) in [6.07, 6.45) is 9.32. The van der Waals surface area contributed by atoms with E-state index >= 15 is 0 Å². The third-order valence-corrected chi connectivity index (χ3v) is 7.76. The van der Waals surface area contributed by atoms with Crippen molar-refractivity contribution in [3.63, 3.8) is 0 Å². The van der Waals surface area contributed by atoms with E-state index in [4.69, 9.17) is 14.2 Å². The van der Waals surface area contributed by atoms with Crippen molar-refractivity contribution in [1.29, 1.82) is 0 Å². The molecule has 0 rings (SSSR count). The SMILES string of the molecule is CCCC[C@H](CC)C(=O)O[C@H](C)CN(CC(C)(OC(=O)[C@H](CC)CCCC)OC(=O)[C@H](CC)CCCC)C(=O)CC. The minimum absolute atomic E-state index is 0.105. The lowest BCUT2D eigenvalue weighted by Crippen LogP contribution is -2.52. The van der Waals surface area contributed by atoms with Crippen molar-refractivity contribution in [2.24, 2.45) is 17.8 Å². The molecule has 4 atom stereocenters. The molecular formula is C33H61NO7. The molecule has 0 aromatic carbocycles. The Kier molecular flexibility index (Phi) is 20.4. The Hall–Kier alpha value is -2.12. The maximum Gasteiger partial charge on any atom is 0.312 e. The van der Waals surface area contributed by atoms with Crippen LogP contribution in [0, 0.1) is 17.8 Å². The number of hydrogen-bond acceptors (Lipinski definition) is 7. The molecule has 0 aliphatic rings. The summed E-state index contributed by atoms with van der Waals surface area (Å²) in [5, 5.41) is 0. The van der Waals surface area contributed by atoms with E-state index in [9.17, 15) is 19.2 Å². The zero-order valence-electron chi connectivity index (χ0n) is 27.7. The van der Waals surface area contributed by atoms with Crippen LogP contribution >= 0.6 is 0 Å². The van der Waals surface area contributed by atoms with Crippen LogP contribution in [0.25, 0.3) is 0 Å². The molecule has 0 unspecified atom stereocenters. The van der Waals surface area contributed by atoms with Gasteiger partial charge in [-0.25, -0.2) is 0 Å². The molecule has 0 radical (unpaired) electrons. The summed E-state index contributed by atoms with van der Waals surface area (Å²) in [5.74, 6) is -3.82. The Bertz CT molecular complexity index is 739. The van der Waals surface area contributed by atoms with Crippen molar-refractivity contribution < 1.29 is 33.4 Å². The lowest BCUT2D eigenvalue weighted by atomic mass is 9.99. The first-order chi connectivity index (χ1) is 19.4. The lowest BCUT2D eigenvalue weighted by Gasteiger charge is -2.37. The molecule has 0 bridgehead atoms. The molecule has 0 spiro atoms. The zero-order valence-corrected chi connectivity index (χ0v) is 27.7. The molecule has 8 heteroatoms. The summed E-state index contributed by atoms with van der Waals surface area (Å²) in [4.78, 5) is 54.0. The van der Waals surface area contributed by atoms with Gasteiger partial charge in [0, 0.05) is 13.3 Å². The number of ether oxygens (including phenoxy) is 3. The molecule has 0 N–H and O–H groups in total. The average molecular weight is 584 g/mol. The largest absolute Gasteiger partial charge is 0.461 e. The molecule has 240 valence electrons. The molecule has 1 amide bonds. The van der Waals surface area contributed by atoms with Crippen LogP contribution in [0.5, 0.6) is 0 Å². The van der Waals surface area contributed by atoms with E-state index in [2.05, 4.69) is 20.8 Å². The number of unbranched alkanes of at least 4 members (excludes halogenated alkanes) is 3. The van der Waals surface area contributed by atoms with Crippen LogP contribution in [-0.2, 0) is 33.4 Å². The van der Waals surface area contributed by atoms with Gasteiger partial charge in [0.1, 0.15) is 6.10 Å². The van der Waals surface area contributed by atoms with Crippen molar-refractivity contribution in [2.45, 2.75) is 158 Å². The molecule has 0 saturated carbocycles. The topological polar surface area (TPSA) is 99.2 Å². The van der Waals surface area contributed by atoms with Gasteiger partial charge in [0.15, 0.2) is 0 Å². The molecule has 0 fully saturated rings. The molecule has 0 aliphatic carbocycles. The summed E-state index contributed by atoms with van der Waals surface area (Å²) < 4.78 is 17.7. The first-order valence-electron chi connectivity index (χ1n) is 16.4. The predicted octanol–water partition coefficient (Wildman–Crippen LogP) is 7.61. The molecule has 41 heavy (non-hydrogen) atoms. The lowest BCUT2D eigenvalue weighted by molar-refractivity contribution is -0.234. The number of carbonyl (C=O) groups excluding carboxylic acids is 4. The molecule has 0 aromatic heterocycles. The van der Waals surface area contributed by atoms with Crippen LogP contribution in [0.15, 0.2) is 0 Å². The maximum absolute atomic E-state index is 13.3. The average Bonchev–Trinajstić information content (AvgIpc) is 2.93. The Morgan fingerprint density at radius 2 is 1.05 bits per heavy atom. The van der Waals surface area contributed by atoms with E-state index in [0.29, 0.717) is 32.1 Å². The van der Waals surface area contributed by atoms with Gasteiger partial charge >= 0.3 is 17.9 Å². The van der Waals surface area contributed by atoms with Gasteiger partial charge in [-0.2, -0.15) is 0 Å². The van der Waals surface area contributed by atoms with Crippen LogP contribution in [0.3, 0.4) is 0 Å². The highest BCUT2D eigenvalue weighted by molar-refractivity contribution is 5.77. The molecule has 0 aliphatic heterocycles. The summed E-state index contributed by atoms with van der Waals surface area (Å²) in [6.45, 7) is 17.1. The van der Waals surface area contributed by atoms with Crippen molar-refractivity contribution in [3.05, 3.63) is 0 Å². The number of esters is 3. The fourth-order valence-corrected chi connectivity index (χ4v) is 4.96. The number of rotatable bonds is 23. The fraction of sp³-hybridized carbons (Fsp3) is 0.879. The van der Waals surface area contributed by atoms with Gasteiger partial charge in [-0.05, 0) is 45.4 Å². The smallest absolute Gasteiger partial charge is 0.312 e. The summed E-state index contributed by atoms with van der Waals surface area (Å²) >= 11 is 0. The van der Waals surface area contributed by atoms with Gasteiger partial charge in [-0.1, -0.05) is 87.0 Å². The minimum atomic E-state index is -1.67. The monoisotopic (exact) mass is 583 g/mol. The Labute approximate surface area is 250 Å². The number of amides is 1. The van der Waals surface area contributed by atoms with E-state index in [1.807, 2.05) is 20.8 Å². The van der Waals surface area contributed by atoms with Gasteiger partial charge in [0.25, 0.3) is 5.79 Å². The summed E-state index contributed by atoms with van der Waals surface area (Å²) in [6, 6.07) is 0. The van der Waals surface area contributed by atoms with Crippen LogP contribution in [0.1, 0.15) is 146 Å². The first kappa shape index (κ1) is 38.9. The highest BCUT2D eigenvalue weighted by atomic mass is 16.7. The number of carbonyl (C=O) groups is 4. The van der Waals surface area contributed by atoms with Crippen LogP contribution in [0.4, 0.5) is 0 Å². The standard InChI is InChI=1S/C33H61NO7/c1-10-17-20-26(13-4)30(36)39-25(8)23-34(29(35)16-7)24-33(9,40-31(37)27(14-5)21-18-11-2)41-32(38)28(15-6)22-19-12-3/h25-28H,10-24H2,1-9H3/t25-,26+,27-,28-/m1/s1. The third kappa shape index (κ3) is 15.1. The van der Waals surface area contributed by atoms with Crippen molar-refractivity contribution in [2.75, 3.05) is 13.1 Å². The molecule has 0 aromatic rings. The van der Waals surface area contributed by atoms with Gasteiger partial charge in [0.2, 0.25) is 5.91 Å². The second-order valence-corrected chi connectivity index (χ2v) is 11.6. The van der Waals surface area contributed by atoms with Gasteiger partial charge in [-0.3, -0.25) is 19.2 Å². The van der Waals surface area contributed by atoms with E-state index < -0.39 is 23.8 Å². The van der Waals surface area contributed by atoms with E-state index in [0.717, 1.165) is 44.9 Å². The summed E-state index contributed by atoms with van der Waals surface area (Å²) in [5.41, 5.74) is 0. The van der Waals surface area contributed by atoms with Crippen molar-refractivity contribution in [1.82, 2.24) is 4.90 Å². The normalized spacial score (nSPS) is 14.5. The Morgan fingerprint density at radius 1 is 0.659 bits per heavy atom. The highest BCUT2D eigenvalue weighted by Gasteiger charge is 2.40. The number of hydrogen-bond donors (Lipinski definition) is 0. The fourth-order valence-electron chi connectivity index (χ4n) is 4.96. The second kappa shape index (κ2) is 21.6. The van der Waals surface area contributed by atoms with Crippen LogP contribution in [-0.4, -0.2) is 53.7 Å². The minimum Gasteiger partial charge on any atom is -0.461 e. The highest BCUT2D eigenvalue weighted by Crippen LogP contribution is 2.26. The first-order valence-corrected chi connectivity index (χ1v) is 16.4. The van der Waals surface area contributed by atoms with Gasteiger partial charge in [-0.15, -0.1) is 0 Å². The molecule has 8 nitrogen and oxygen atoms in total. The summed E-state index contributed by atoms with van der Waals surface area (Å²) in [7, 11) is 0. The third-order valence-electron chi connectivity index (χ3n) is 7.76. The van der Waals surface area contributed by atoms with Crippen LogP contribution < -0.4 is 0 Å². The predicted molar refractivity (Wildman–Crippen MR) is 163 cm³/mol. The zero-order chi connectivity index (χ0) is 31.4. The van der Waals surface area contributed by atoms with E-state index in [-0.39, 0.29) is 49.1 Å². The van der Waals surface area contributed by atoms with E-state index in [1.54, 1.807) is 20.8 Å². The van der Waals surface area contributed by atoms with E-state index in [1.165, 1.54) is 4.90 Å². The number of nitrogens with zero attached hydrogens (tertiary/aromatic N) is 1. The Morgan fingerprint density at radius 3 is 1.39 bits per heavy atom. The molecule has 0 heterocycles.